The van der Waals surface area contributed by atoms with E-state index in [9.17, 15) is 14.4 Å². The SMILES string of the molecule is CC/C=C\C/C=C\C/C=C\C/C=C\CCCCCC(=O)OCC(COC(=O)CCCCCCCCC/C=C\CCCCCCCCCC)OC(=O)CCC/C=C\C/C=C\C/C=C\C/C=C\CCCCC. The monoisotopic (exact) mass is 971 g/mol. The number of unbranched alkanes of at least 4 members (excludes halogenated alkanes) is 22. The molecule has 70 heavy (non-hydrogen) atoms. The van der Waals surface area contributed by atoms with Crippen LogP contribution in [-0.2, 0) is 28.6 Å². The van der Waals surface area contributed by atoms with Crippen molar-refractivity contribution in [1.82, 2.24) is 0 Å². The molecule has 0 amide bonds. The highest BCUT2D eigenvalue weighted by Crippen LogP contribution is 2.14. The summed E-state index contributed by atoms with van der Waals surface area (Å²) < 4.78 is 16.8. The smallest absolute Gasteiger partial charge is 0.306 e. The molecule has 0 bridgehead atoms. The zero-order valence-corrected chi connectivity index (χ0v) is 45.5. The van der Waals surface area contributed by atoms with Crippen LogP contribution in [0.5, 0.6) is 0 Å². The summed E-state index contributed by atoms with van der Waals surface area (Å²) in [4.78, 5) is 38.1. The van der Waals surface area contributed by atoms with Gasteiger partial charge in [-0.15, -0.1) is 0 Å². The Morgan fingerprint density at radius 3 is 0.971 bits per heavy atom. The average Bonchev–Trinajstić information content (AvgIpc) is 3.36. The van der Waals surface area contributed by atoms with Gasteiger partial charge >= 0.3 is 17.9 Å². The number of ether oxygens (including phenoxy) is 3. The number of esters is 3. The van der Waals surface area contributed by atoms with E-state index in [4.69, 9.17) is 14.2 Å². The Kier molecular flexibility index (Phi) is 54.4. The van der Waals surface area contributed by atoms with E-state index in [0.717, 1.165) is 96.3 Å². The van der Waals surface area contributed by atoms with Gasteiger partial charge in [0, 0.05) is 19.3 Å². The second-order valence-corrected chi connectivity index (χ2v) is 18.8. The van der Waals surface area contributed by atoms with Crippen molar-refractivity contribution in [2.45, 2.75) is 264 Å². The van der Waals surface area contributed by atoms with Crippen molar-refractivity contribution in [3.8, 4) is 0 Å². The molecule has 0 saturated heterocycles. The van der Waals surface area contributed by atoms with E-state index in [1.807, 2.05) is 0 Å². The Bertz CT molecular complexity index is 1440. The summed E-state index contributed by atoms with van der Waals surface area (Å²) in [6.45, 7) is 6.42. The molecular weight excluding hydrogens is 865 g/mol. The van der Waals surface area contributed by atoms with Crippen LogP contribution in [0.2, 0.25) is 0 Å². The van der Waals surface area contributed by atoms with E-state index in [2.05, 4.69) is 130 Å². The fourth-order valence-electron chi connectivity index (χ4n) is 7.66. The van der Waals surface area contributed by atoms with Gasteiger partial charge in [0.15, 0.2) is 6.10 Å². The quantitative estimate of drug-likeness (QED) is 0.0262. The lowest BCUT2D eigenvalue weighted by Crippen LogP contribution is -2.30. The van der Waals surface area contributed by atoms with Crippen molar-refractivity contribution in [1.29, 1.82) is 0 Å². The summed E-state index contributed by atoms with van der Waals surface area (Å²) in [5.41, 5.74) is 0. The van der Waals surface area contributed by atoms with Gasteiger partial charge in [0.05, 0.1) is 0 Å². The van der Waals surface area contributed by atoms with Gasteiger partial charge in [-0.3, -0.25) is 14.4 Å². The maximum Gasteiger partial charge on any atom is 0.306 e. The molecule has 0 aliphatic rings. The maximum absolute atomic E-state index is 12.8. The van der Waals surface area contributed by atoms with Crippen LogP contribution in [0, 0.1) is 0 Å². The lowest BCUT2D eigenvalue weighted by atomic mass is 10.1. The number of carbonyl (C=O) groups excluding carboxylic acids is 3. The molecule has 1 unspecified atom stereocenters. The molecule has 398 valence electrons. The van der Waals surface area contributed by atoms with Gasteiger partial charge in [-0.2, -0.15) is 0 Å². The van der Waals surface area contributed by atoms with Crippen molar-refractivity contribution in [3.63, 3.8) is 0 Å². The molecule has 6 heteroatoms. The zero-order chi connectivity index (χ0) is 50.7. The van der Waals surface area contributed by atoms with Crippen LogP contribution in [0.4, 0.5) is 0 Å². The first kappa shape index (κ1) is 66.1. The minimum absolute atomic E-state index is 0.114. The third kappa shape index (κ3) is 55.0. The first-order valence-corrected chi connectivity index (χ1v) is 28.9. The molecule has 0 fully saturated rings. The number of allylic oxidation sites excluding steroid dienone is 18. The summed E-state index contributed by atoms with van der Waals surface area (Å²) in [7, 11) is 0. The zero-order valence-electron chi connectivity index (χ0n) is 45.5. The van der Waals surface area contributed by atoms with Gasteiger partial charge in [-0.25, -0.2) is 0 Å². The van der Waals surface area contributed by atoms with Gasteiger partial charge < -0.3 is 14.2 Å². The molecule has 0 heterocycles. The topological polar surface area (TPSA) is 78.9 Å². The van der Waals surface area contributed by atoms with Crippen molar-refractivity contribution >= 4 is 17.9 Å². The normalized spacial score (nSPS) is 12.9. The number of hydrogen-bond acceptors (Lipinski definition) is 6. The Morgan fingerprint density at radius 2 is 0.571 bits per heavy atom. The molecule has 0 aliphatic carbocycles. The van der Waals surface area contributed by atoms with E-state index in [1.165, 1.54) is 116 Å². The van der Waals surface area contributed by atoms with E-state index < -0.39 is 6.10 Å². The first-order chi connectivity index (χ1) is 34.5. The molecule has 0 aromatic heterocycles. The second-order valence-electron chi connectivity index (χ2n) is 18.8. The Balaban J connectivity index is 4.52. The van der Waals surface area contributed by atoms with Crippen molar-refractivity contribution in [2.24, 2.45) is 0 Å². The van der Waals surface area contributed by atoms with Crippen LogP contribution in [0.25, 0.3) is 0 Å². The van der Waals surface area contributed by atoms with Crippen LogP contribution in [0.1, 0.15) is 258 Å². The molecular formula is C64H106O6. The Labute approximate surface area is 431 Å². The molecule has 0 rings (SSSR count). The standard InChI is InChI=1S/C64H106O6/c1-4-7-10-13-16-19-22-25-28-31-32-34-36-39-42-45-48-51-54-57-63(66)69-60-61(59-68-62(65)56-53-50-47-44-41-38-35-30-27-24-21-18-15-12-9-6-3)70-64(67)58-55-52-49-46-43-40-37-33-29-26-23-20-17-14-11-8-5-2/h9,12,17-18,20-21,26-27,29-32,37-38,40-41,46,49,61H,4-8,10-11,13-16,19,22-25,28,33-36,39,42-45,47-48,50-60H2,1-3H3/b12-9-,20-17-,21-18-,29-26-,30-27-,32-31-,40-37-,41-38-,49-46-. The summed E-state index contributed by atoms with van der Waals surface area (Å²) in [6.07, 6.45) is 78.0. The predicted molar refractivity (Wildman–Crippen MR) is 302 cm³/mol. The molecule has 0 aliphatic heterocycles. The molecule has 0 radical (unpaired) electrons. The predicted octanol–water partition coefficient (Wildman–Crippen LogP) is 19.5. The van der Waals surface area contributed by atoms with Gasteiger partial charge in [-0.1, -0.05) is 226 Å². The van der Waals surface area contributed by atoms with Gasteiger partial charge in [0.2, 0.25) is 0 Å². The van der Waals surface area contributed by atoms with Gasteiger partial charge in [0.25, 0.3) is 0 Å². The van der Waals surface area contributed by atoms with Crippen LogP contribution in [-0.4, -0.2) is 37.2 Å². The minimum Gasteiger partial charge on any atom is -0.462 e. The van der Waals surface area contributed by atoms with E-state index in [1.54, 1.807) is 0 Å². The summed E-state index contributed by atoms with van der Waals surface area (Å²) >= 11 is 0. The van der Waals surface area contributed by atoms with E-state index in [0.29, 0.717) is 19.3 Å². The molecule has 0 spiro atoms. The van der Waals surface area contributed by atoms with Crippen LogP contribution in [0.3, 0.4) is 0 Å². The molecule has 1 atom stereocenters. The van der Waals surface area contributed by atoms with E-state index >= 15 is 0 Å². The van der Waals surface area contributed by atoms with Gasteiger partial charge in [0.1, 0.15) is 13.2 Å². The van der Waals surface area contributed by atoms with Gasteiger partial charge in [-0.05, 0) is 122 Å². The van der Waals surface area contributed by atoms with Crippen LogP contribution < -0.4 is 0 Å². The average molecular weight is 972 g/mol. The Morgan fingerprint density at radius 1 is 0.300 bits per heavy atom. The molecule has 0 N–H and O–H groups in total. The number of rotatable bonds is 51. The molecule has 6 nitrogen and oxygen atoms in total. The minimum atomic E-state index is -0.824. The first-order valence-electron chi connectivity index (χ1n) is 28.9. The molecule has 0 saturated carbocycles. The number of hydrogen-bond donors (Lipinski definition) is 0. The lowest BCUT2D eigenvalue weighted by Gasteiger charge is -2.18. The third-order valence-corrected chi connectivity index (χ3v) is 12.0. The molecule has 0 aromatic carbocycles. The van der Waals surface area contributed by atoms with Crippen molar-refractivity contribution < 1.29 is 28.6 Å². The number of carbonyl (C=O) groups is 3. The largest absolute Gasteiger partial charge is 0.462 e. The third-order valence-electron chi connectivity index (χ3n) is 12.0. The van der Waals surface area contributed by atoms with Crippen LogP contribution >= 0.6 is 0 Å². The van der Waals surface area contributed by atoms with Crippen LogP contribution in [0.15, 0.2) is 109 Å². The summed E-state index contributed by atoms with van der Waals surface area (Å²) in [5, 5.41) is 0. The fraction of sp³-hybridized carbons (Fsp3) is 0.672. The summed E-state index contributed by atoms with van der Waals surface area (Å²) in [5.74, 6) is -1.01. The highest BCUT2D eigenvalue weighted by atomic mass is 16.6. The lowest BCUT2D eigenvalue weighted by molar-refractivity contribution is -0.167. The summed E-state index contributed by atoms with van der Waals surface area (Å²) in [6, 6.07) is 0. The molecule has 0 aromatic rings. The van der Waals surface area contributed by atoms with Crippen molar-refractivity contribution in [3.05, 3.63) is 109 Å². The van der Waals surface area contributed by atoms with E-state index in [-0.39, 0.29) is 37.5 Å². The fourth-order valence-corrected chi connectivity index (χ4v) is 7.66. The maximum atomic E-state index is 12.8. The highest BCUT2D eigenvalue weighted by molar-refractivity contribution is 5.71. The van der Waals surface area contributed by atoms with Crippen molar-refractivity contribution in [2.75, 3.05) is 13.2 Å². The highest BCUT2D eigenvalue weighted by Gasteiger charge is 2.19. The second kappa shape index (κ2) is 57.6. The Hall–Kier alpha value is -3.93.